The fourth-order valence-electron chi connectivity index (χ4n) is 3.27. The van der Waals surface area contributed by atoms with Crippen molar-refractivity contribution < 1.29 is 19.1 Å². The molecule has 0 spiro atoms. The molecular formula is C19H16ClN5O4. The first-order valence-corrected chi connectivity index (χ1v) is 9.11. The van der Waals surface area contributed by atoms with Crippen molar-refractivity contribution in [1.82, 2.24) is 5.01 Å². The van der Waals surface area contributed by atoms with Crippen molar-refractivity contribution in [3.05, 3.63) is 53.6 Å². The lowest BCUT2D eigenvalue weighted by atomic mass is 10.1. The number of hydrogen-bond donors (Lipinski definition) is 1. The van der Waals surface area contributed by atoms with Gasteiger partial charge in [0.05, 0.1) is 17.8 Å². The van der Waals surface area contributed by atoms with Gasteiger partial charge >= 0.3 is 0 Å². The van der Waals surface area contributed by atoms with E-state index in [1.165, 1.54) is 18.2 Å². The van der Waals surface area contributed by atoms with Crippen LogP contribution in [-0.2, 0) is 14.4 Å². The lowest BCUT2D eigenvalue weighted by molar-refractivity contribution is -0.123. The summed E-state index contributed by atoms with van der Waals surface area (Å²) in [5.41, 5.74) is 0.928. The Morgan fingerprint density at radius 2 is 1.93 bits per heavy atom. The molecule has 2 heterocycles. The summed E-state index contributed by atoms with van der Waals surface area (Å²) in [6.07, 6.45) is 0. The van der Waals surface area contributed by atoms with Crippen LogP contribution in [0.4, 0.5) is 11.4 Å². The van der Waals surface area contributed by atoms with Crippen molar-refractivity contribution in [3.63, 3.8) is 0 Å². The first kappa shape index (κ1) is 18.9. The van der Waals surface area contributed by atoms with Gasteiger partial charge in [-0.05, 0) is 30.3 Å². The summed E-state index contributed by atoms with van der Waals surface area (Å²) in [6, 6.07) is 11.5. The number of amides is 3. The molecule has 2 atom stereocenters. The van der Waals surface area contributed by atoms with E-state index in [1.54, 1.807) is 36.4 Å². The SMILES string of the molecule is COc1ccc(N2C(=O)[C@H]3N=NN(CC(=O)Nc4ccccc4)[C@@H]3C2=O)cc1Cl. The molecule has 0 radical (unpaired) electrons. The van der Waals surface area contributed by atoms with Crippen LogP contribution >= 0.6 is 11.6 Å². The standard InChI is InChI=1S/C19H16ClN5O4/c1-29-14-8-7-12(9-13(14)20)25-18(27)16-17(19(25)28)24(23-22-16)10-15(26)21-11-5-3-2-4-6-11/h2-9,16-17H,10H2,1H3,(H,21,26)/t16-,17-/m0/s1. The second-order valence-electron chi connectivity index (χ2n) is 6.44. The zero-order valence-electron chi connectivity index (χ0n) is 15.3. The molecule has 2 aromatic rings. The highest BCUT2D eigenvalue weighted by Gasteiger charge is 2.55. The average Bonchev–Trinajstić information content (AvgIpc) is 3.22. The number of fused-ring (bicyclic) bond motifs is 1. The van der Waals surface area contributed by atoms with Gasteiger partial charge in [-0.15, -0.1) is 0 Å². The van der Waals surface area contributed by atoms with Crippen LogP contribution in [0.25, 0.3) is 0 Å². The Labute approximate surface area is 170 Å². The topological polar surface area (TPSA) is 104 Å². The van der Waals surface area contributed by atoms with E-state index in [0.29, 0.717) is 17.1 Å². The highest BCUT2D eigenvalue weighted by molar-refractivity contribution is 6.33. The molecule has 29 heavy (non-hydrogen) atoms. The van der Waals surface area contributed by atoms with Crippen LogP contribution in [0.3, 0.4) is 0 Å². The quantitative estimate of drug-likeness (QED) is 0.757. The van der Waals surface area contributed by atoms with Gasteiger partial charge < -0.3 is 10.1 Å². The predicted octanol–water partition coefficient (Wildman–Crippen LogP) is 2.28. The molecule has 0 aliphatic carbocycles. The van der Waals surface area contributed by atoms with Crippen LogP contribution in [0.2, 0.25) is 5.02 Å². The molecule has 0 aromatic heterocycles. The van der Waals surface area contributed by atoms with Crippen LogP contribution in [0.5, 0.6) is 5.75 Å². The van der Waals surface area contributed by atoms with Crippen molar-refractivity contribution in [3.8, 4) is 5.75 Å². The van der Waals surface area contributed by atoms with Gasteiger partial charge in [-0.2, -0.15) is 5.11 Å². The van der Waals surface area contributed by atoms with E-state index in [0.717, 1.165) is 4.90 Å². The number of benzene rings is 2. The Bertz CT molecular complexity index is 1010. The van der Waals surface area contributed by atoms with Gasteiger partial charge in [0, 0.05) is 5.69 Å². The van der Waals surface area contributed by atoms with E-state index in [4.69, 9.17) is 16.3 Å². The smallest absolute Gasteiger partial charge is 0.263 e. The fourth-order valence-corrected chi connectivity index (χ4v) is 3.52. The summed E-state index contributed by atoms with van der Waals surface area (Å²) in [6.45, 7) is -0.213. The molecule has 3 amide bonds. The molecule has 2 aliphatic heterocycles. The van der Waals surface area contributed by atoms with Crippen molar-refractivity contribution in [2.24, 2.45) is 10.3 Å². The third-order valence-corrected chi connectivity index (χ3v) is 4.91. The number of imide groups is 1. The van der Waals surface area contributed by atoms with Gasteiger partial charge in [-0.25, -0.2) is 4.90 Å². The molecule has 0 unspecified atom stereocenters. The molecule has 0 saturated carbocycles. The first-order chi connectivity index (χ1) is 14.0. The first-order valence-electron chi connectivity index (χ1n) is 8.73. The summed E-state index contributed by atoms with van der Waals surface area (Å²) in [4.78, 5) is 39.0. The molecule has 10 heteroatoms. The monoisotopic (exact) mass is 413 g/mol. The summed E-state index contributed by atoms with van der Waals surface area (Å²) in [7, 11) is 1.47. The lowest BCUT2D eigenvalue weighted by Crippen LogP contribution is -2.43. The summed E-state index contributed by atoms with van der Waals surface area (Å²) in [5, 5.41) is 12.0. The largest absolute Gasteiger partial charge is 0.495 e. The Morgan fingerprint density at radius 3 is 2.62 bits per heavy atom. The molecule has 1 saturated heterocycles. The number of methoxy groups -OCH3 is 1. The zero-order chi connectivity index (χ0) is 20.5. The molecule has 0 bridgehead atoms. The number of carbonyl (C=O) groups is 3. The summed E-state index contributed by atoms with van der Waals surface area (Å²) < 4.78 is 5.09. The number of anilines is 2. The van der Waals surface area contributed by atoms with Gasteiger partial charge in [0.15, 0.2) is 12.1 Å². The number of para-hydroxylation sites is 1. The van der Waals surface area contributed by atoms with E-state index < -0.39 is 23.9 Å². The van der Waals surface area contributed by atoms with Crippen LogP contribution in [0.15, 0.2) is 58.9 Å². The maximum absolute atomic E-state index is 13.0. The number of hydrogen-bond acceptors (Lipinski definition) is 7. The molecule has 148 valence electrons. The van der Waals surface area contributed by atoms with Gasteiger partial charge in [0.2, 0.25) is 5.91 Å². The molecule has 4 rings (SSSR count). The lowest BCUT2D eigenvalue weighted by Gasteiger charge is -2.20. The van der Waals surface area contributed by atoms with Gasteiger partial charge in [-0.1, -0.05) is 35.0 Å². The molecule has 2 aliphatic rings. The van der Waals surface area contributed by atoms with Gasteiger partial charge in [0.1, 0.15) is 12.3 Å². The summed E-state index contributed by atoms with van der Waals surface area (Å²) in [5.74, 6) is -0.981. The Morgan fingerprint density at radius 1 is 1.17 bits per heavy atom. The number of nitrogens with one attached hydrogen (secondary N) is 1. The van der Waals surface area contributed by atoms with E-state index in [-0.39, 0.29) is 17.5 Å². The Kier molecular flexibility index (Phi) is 4.89. The minimum atomic E-state index is -0.993. The highest BCUT2D eigenvalue weighted by Crippen LogP contribution is 2.35. The Hall–Kier alpha value is -3.46. The number of nitrogens with zero attached hydrogens (tertiary/aromatic N) is 4. The zero-order valence-corrected chi connectivity index (χ0v) is 16.0. The van der Waals surface area contributed by atoms with Crippen LogP contribution in [-0.4, -0.2) is 48.5 Å². The van der Waals surface area contributed by atoms with Crippen LogP contribution in [0, 0.1) is 0 Å². The van der Waals surface area contributed by atoms with Crippen molar-refractivity contribution >= 4 is 40.7 Å². The average molecular weight is 414 g/mol. The third-order valence-electron chi connectivity index (χ3n) is 4.61. The van der Waals surface area contributed by atoms with Crippen molar-refractivity contribution in [1.29, 1.82) is 0 Å². The minimum Gasteiger partial charge on any atom is -0.495 e. The van der Waals surface area contributed by atoms with Crippen LogP contribution in [0.1, 0.15) is 0 Å². The second kappa shape index (κ2) is 7.51. The number of halogens is 1. The van der Waals surface area contributed by atoms with E-state index in [2.05, 4.69) is 15.7 Å². The number of ether oxygens (including phenoxy) is 1. The minimum absolute atomic E-state index is 0.213. The number of rotatable bonds is 5. The molecule has 9 nitrogen and oxygen atoms in total. The fraction of sp³-hybridized carbons (Fsp3) is 0.211. The third kappa shape index (κ3) is 3.40. The van der Waals surface area contributed by atoms with Gasteiger partial charge in [-0.3, -0.25) is 19.4 Å². The molecule has 2 aromatic carbocycles. The Balaban J connectivity index is 1.51. The second-order valence-corrected chi connectivity index (χ2v) is 6.84. The van der Waals surface area contributed by atoms with E-state index >= 15 is 0 Å². The normalized spacial score (nSPS) is 20.2. The molecule has 1 N–H and O–H groups in total. The molecule has 1 fully saturated rings. The highest BCUT2D eigenvalue weighted by atomic mass is 35.5. The number of carbonyl (C=O) groups excluding carboxylic acids is 3. The molecular weight excluding hydrogens is 398 g/mol. The summed E-state index contributed by atoms with van der Waals surface area (Å²) >= 11 is 6.12. The van der Waals surface area contributed by atoms with E-state index in [9.17, 15) is 14.4 Å². The van der Waals surface area contributed by atoms with E-state index in [1.807, 2.05) is 6.07 Å². The maximum Gasteiger partial charge on any atom is 0.263 e. The van der Waals surface area contributed by atoms with Crippen molar-refractivity contribution in [2.75, 3.05) is 23.9 Å². The van der Waals surface area contributed by atoms with Crippen LogP contribution < -0.4 is 15.0 Å². The van der Waals surface area contributed by atoms with Crippen molar-refractivity contribution in [2.45, 2.75) is 12.1 Å². The maximum atomic E-state index is 13.0. The van der Waals surface area contributed by atoms with Gasteiger partial charge in [0.25, 0.3) is 11.8 Å². The predicted molar refractivity (Wildman–Crippen MR) is 105 cm³/mol.